The molecule has 1 N–H and O–H groups in total. The van der Waals surface area contributed by atoms with Gasteiger partial charge in [0.25, 0.3) is 5.91 Å². The molecule has 0 bridgehead atoms. The zero-order valence-corrected chi connectivity index (χ0v) is 16.5. The molecule has 0 saturated heterocycles. The van der Waals surface area contributed by atoms with Gasteiger partial charge in [-0.2, -0.15) is 0 Å². The molecule has 3 aromatic rings. The first kappa shape index (κ1) is 18.7. The Balaban J connectivity index is 1.71. The Hall–Kier alpha value is -2.08. The summed E-state index contributed by atoms with van der Waals surface area (Å²) in [4.78, 5) is 16.8. The van der Waals surface area contributed by atoms with Gasteiger partial charge in [0.2, 0.25) is 0 Å². The van der Waals surface area contributed by atoms with Gasteiger partial charge in [0.15, 0.2) is 5.13 Å². The second kappa shape index (κ2) is 8.08. The fourth-order valence-electron chi connectivity index (χ4n) is 2.28. The van der Waals surface area contributed by atoms with Crippen molar-refractivity contribution in [1.82, 2.24) is 4.98 Å². The van der Waals surface area contributed by atoms with Gasteiger partial charge in [-0.1, -0.05) is 23.2 Å². The zero-order chi connectivity index (χ0) is 18.7. The Morgan fingerprint density at radius 1 is 1.15 bits per heavy atom. The number of aromatic nitrogens is 1. The van der Waals surface area contributed by atoms with Crippen LogP contribution in [0.1, 0.15) is 24.2 Å². The molecule has 4 nitrogen and oxygen atoms in total. The molecule has 0 aliphatic heterocycles. The van der Waals surface area contributed by atoms with E-state index in [1.54, 1.807) is 42.5 Å². The van der Waals surface area contributed by atoms with Gasteiger partial charge in [0, 0.05) is 21.5 Å². The number of hydrogen-bond acceptors (Lipinski definition) is 4. The first-order valence-electron chi connectivity index (χ1n) is 7.91. The maximum atomic E-state index is 12.4. The second-order valence-electron chi connectivity index (χ2n) is 5.81. The van der Waals surface area contributed by atoms with Crippen molar-refractivity contribution < 1.29 is 9.53 Å². The molecular weight excluding hydrogens is 391 g/mol. The molecule has 1 amide bonds. The first-order valence-corrected chi connectivity index (χ1v) is 9.55. The van der Waals surface area contributed by atoms with E-state index in [2.05, 4.69) is 10.3 Å². The van der Waals surface area contributed by atoms with Crippen molar-refractivity contribution in [3.05, 3.63) is 63.5 Å². The number of nitrogens with one attached hydrogen (secondary N) is 1. The molecule has 0 radical (unpaired) electrons. The Labute approximate surface area is 165 Å². The number of benzene rings is 2. The maximum absolute atomic E-state index is 12.4. The van der Waals surface area contributed by atoms with Crippen molar-refractivity contribution in [1.29, 1.82) is 0 Å². The molecule has 0 fully saturated rings. The molecular formula is C19H16Cl2N2O2S. The van der Waals surface area contributed by atoms with Gasteiger partial charge in [0.1, 0.15) is 5.75 Å². The highest BCUT2D eigenvalue weighted by atomic mass is 35.5. The van der Waals surface area contributed by atoms with Crippen LogP contribution >= 0.6 is 34.5 Å². The Morgan fingerprint density at radius 3 is 2.54 bits per heavy atom. The predicted molar refractivity (Wildman–Crippen MR) is 108 cm³/mol. The molecule has 26 heavy (non-hydrogen) atoms. The van der Waals surface area contributed by atoms with E-state index in [0.29, 0.717) is 26.4 Å². The fraction of sp³-hybridized carbons (Fsp3) is 0.158. The van der Waals surface area contributed by atoms with Gasteiger partial charge >= 0.3 is 0 Å². The van der Waals surface area contributed by atoms with E-state index in [1.165, 1.54) is 11.3 Å². The standard InChI is InChI=1S/C19H16Cl2N2O2S/c1-11(2)25-14-6-3-12(4-7-14)18(24)23-19-22-17(10-26-19)15-8-5-13(20)9-16(15)21/h3-11H,1-2H3,(H,22,23,24). The number of hydrogen-bond donors (Lipinski definition) is 1. The minimum Gasteiger partial charge on any atom is -0.491 e. The van der Waals surface area contributed by atoms with Crippen LogP contribution in [0.4, 0.5) is 5.13 Å². The third kappa shape index (κ3) is 4.55. The summed E-state index contributed by atoms with van der Waals surface area (Å²) >= 11 is 13.5. The normalized spacial score (nSPS) is 10.8. The number of halogens is 2. The van der Waals surface area contributed by atoms with Crippen LogP contribution in [0.5, 0.6) is 5.75 Å². The molecule has 3 rings (SSSR count). The Morgan fingerprint density at radius 2 is 1.88 bits per heavy atom. The van der Waals surface area contributed by atoms with E-state index in [4.69, 9.17) is 27.9 Å². The summed E-state index contributed by atoms with van der Waals surface area (Å²) < 4.78 is 5.58. The van der Waals surface area contributed by atoms with Crippen molar-refractivity contribution in [2.75, 3.05) is 5.32 Å². The highest BCUT2D eigenvalue weighted by Gasteiger charge is 2.12. The summed E-state index contributed by atoms with van der Waals surface area (Å²) in [7, 11) is 0. The number of amides is 1. The van der Waals surface area contributed by atoms with E-state index in [0.717, 1.165) is 11.3 Å². The van der Waals surface area contributed by atoms with E-state index >= 15 is 0 Å². The number of carbonyl (C=O) groups excluding carboxylic acids is 1. The highest BCUT2D eigenvalue weighted by Crippen LogP contribution is 2.32. The summed E-state index contributed by atoms with van der Waals surface area (Å²) in [5.41, 5.74) is 1.98. The van der Waals surface area contributed by atoms with Gasteiger partial charge in [-0.15, -0.1) is 11.3 Å². The van der Waals surface area contributed by atoms with Gasteiger partial charge in [-0.3, -0.25) is 10.1 Å². The SMILES string of the molecule is CC(C)Oc1ccc(C(=O)Nc2nc(-c3ccc(Cl)cc3Cl)cs2)cc1. The van der Waals surface area contributed by atoms with Gasteiger partial charge in [-0.05, 0) is 56.3 Å². The minimum absolute atomic E-state index is 0.0862. The van der Waals surface area contributed by atoms with Crippen LogP contribution in [0.25, 0.3) is 11.3 Å². The van der Waals surface area contributed by atoms with Crippen LogP contribution in [-0.2, 0) is 0 Å². The predicted octanol–water partition coefficient (Wildman–Crippen LogP) is 6.16. The number of nitrogens with zero attached hydrogens (tertiary/aromatic N) is 1. The molecule has 0 saturated carbocycles. The summed E-state index contributed by atoms with van der Waals surface area (Å²) in [6.07, 6.45) is 0.0862. The minimum atomic E-state index is -0.232. The zero-order valence-electron chi connectivity index (χ0n) is 14.1. The van der Waals surface area contributed by atoms with E-state index in [1.807, 2.05) is 19.2 Å². The monoisotopic (exact) mass is 406 g/mol. The molecule has 0 unspecified atom stereocenters. The first-order chi connectivity index (χ1) is 12.4. The van der Waals surface area contributed by atoms with Crippen molar-refractivity contribution in [3.8, 4) is 17.0 Å². The van der Waals surface area contributed by atoms with Crippen molar-refractivity contribution in [2.24, 2.45) is 0 Å². The van der Waals surface area contributed by atoms with Crippen LogP contribution in [0.15, 0.2) is 47.8 Å². The Bertz CT molecular complexity index is 924. The lowest BCUT2D eigenvalue weighted by Gasteiger charge is -2.09. The lowest BCUT2D eigenvalue weighted by Crippen LogP contribution is -2.12. The summed E-state index contributed by atoms with van der Waals surface area (Å²) in [6.45, 7) is 3.90. The molecule has 0 atom stereocenters. The molecule has 0 aliphatic carbocycles. The molecule has 0 spiro atoms. The molecule has 1 heterocycles. The van der Waals surface area contributed by atoms with Crippen LogP contribution < -0.4 is 10.1 Å². The van der Waals surface area contributed by atoms with Gasteiger partial charge in [-0.25, -0.2) is 4.98 Å². The van der Waals surface area contributed by atoms with Crippen LogP contribution in [0, 0.1) is 0 Å². The summed E-state index contributed by atoms with van der Waals surface area (Å²) in [6, 6.07) is 12.2. The quantitative estimate of drug-likeness (QED) is 0.551. The summed E-state index contributed by atoms with van der Waals surface area (Å²) in [5.74, 6) is 0.495. The average Bonchev–Trinajstić information content (AvgIpc) is 3.03. The van der Waals surface area contributed by atoms with Crippen molar-refractivity contribution in [2.45, 2.75) is 20.0 Å². The van der Waals surface area contributed by atoms with E-state index in [9.17, 15) is 4.79 Å². The lowest BCUT2D eigenvalue weighted by molar-refractivity contribution is 0.102. The second-order valence-corrected chi connectivity index (χ2v) is 7.51. The lowest BCUT2D eigenvalue weighted by atomic mass is 10.2. The fourth-order valence-corrected chi connectivity index (χ4v) is 3.49. The topological polar surface area (TPSA) is 51.2 Å². The van der Waals surface area contributed by atoms with E-state index < -0.39 is 0 Å². The van der Waals surface area contributed by atoms with Gasteiger partial charge in [0.05, 0.1) is 16.8 Å². The molecule has 2 aromatic carbocycles. The number of thiazole rings is 1. The molecule has 1 aromatic heterocycles. The highest BCUT2D eigenvalue weighted by molar-refractivity contribution is 7.14. The largest absolute Gasteiger partial charge is 0.491 e. The maximum Gasteiger partial charge on any atom is 0.257 e. The van der Waals surface area contributed by atoms with Gasteiger partial charge < -0.3 is 4.74 Å². The van der Waals surface area contributed by atoms with Crippen LogP contribution in [0.3, 0.4) is 0 Å². The van der Waals surface area contributed by atoms with Crippen molar-refractivity contribution >= 4 is 45.6 Å². The number of rotatable bonds is 5. The number of ether oxygens (including phenoxy) is 1. The molecule has 134 valence electrons. The average molecular weight is 407 g/mol. The number of anilines is 1. The van der Waals surface area contributed by atoms with Crippen molar-refractivity contribution in [3.63, 3.8) is 0 Å². The third-order valence-corrected chi connectivity index (χ3v) is 4.73. The van der Waals surface area contributed by atoms with Crippen LogP contribution in [0.2, 0.25) is 10.0 Å². The third-order valence-electron chi connectivity index (χ3n) is 3.42. The molecule has 0 aliphatic rings. The smallest absolute Gasteiger partial charge is 0.257 e. The van der Waals surface area contributed by atoms with Crippen LogP contribution in [-0.4, -0.2) is 17.0 Å². The number of carbonyl (C=O) groups is 1. The molecule has 7 heteroatoms. The summed E-state index contributed by atoms with van der Waals surface area (Å²) in [5, 5.41) is 6.21. The van der Waals surface area contributed by atoms with E-state index in [-0.39, 0.29) is 12.0 Å². The Kier molecular flexibility index (Phi) is 5.81.